The highest BCUT2D eigenvalue weighted by atomic mass is 16.6. The lowest BCUT2D eigenvalue weighted by Gasteiger charge is -2.22. The van der Waals surface area contributed by atoms with Crippen molar-refractivity contribution in [3.63, 3.8) is 0 Å². The molecule has 1 fully saturated rings. The second-order valence-electron chi connectivity index (χ2n) is 7.43. The Kier molecular flexibility index (Phi) is 7.23. The fraction of sp³-hybridized carbons (Fsp3) is 0.160. The second-order valence-corrected chi connectivity index (χ2v) is 7.43. The number of hydrogen-bond acceptors (Lipinski definition) is 5. The lowest BCUT2D eigenvalue weighted by atomic mass is 9.81. The van der Waals surface area contributed by atoms with E-state index >= 15 is 0 Å². The zero-order valence-electron chi connectivity index (χ0n) is 17.5. The summed E-state index contributed by atoms with van der Waals surface area (Å²) in [5.41, 5.74) is 2.21. The van der Waals surface area contributed by atoms with Gasteiger partial charge in [0.2, 0.25) is 0 Å². The van der Waals surface area contributed by atoms with Gasteiger partial charge in [-0.25, -0.2) is 0 Å². The maximum absolute atomic E-state index is 13.0. The molecule has 1 saturated carbocycles. The van der Waals surface area contributed by atoms with Gasteiger partial charge in [-0.3, -0.25) is 25.0 Å². The lowest BCUT2D eigenvalue weighted by Crippen LogP contribution is -2.19. The fourth-order valence-electron chi connectivity index (χ4n) is 3.56. The zero-order chi connectivity index (χ0) is 23.1. The minimum absolute atomic E-state index is 0.00546. The lowest BCUT2D eigenvalue weighted by molar-refractivity contribution is -0.385. The van der Waals surface area contributed by atoms with Gasteiger partial charge in [0.1, 0.15) is 0 Å². The Labute approximate surface area is 185 Å². The summed E-state index contributed by atoms with van der Waals surface area (Å²) >= 11 is 0. The molecular formula is C25H22N2O5. The van der Waals surface area contributed by atoms with Crippen LogP contribution in [0.25, 0.3) is 12.2 Å². The van der Waals surface area contributed by atoms with E-state index in [-0.39, 0.29) is 23.1 Å². The van der Waals surface area contributed by atoms with Crippen molar-refractivity contribution in [3.05, 3.63) is 115 Å². The van der Waals surface area contributed by atoms with Crippen LogP contribution in [0.3, 0.4) is 0 Å². The van der Waals surface area contributed by atoms with Crippen LogP contribution < -0.4 is 0 Å². The number of nitrogens with zero attached hydrogens (tertiary/aromatic N) is 2. The molecule has 0 heterocycles. The van der Waals surface area contributed by atoms with Crippen molar-refractivity contribution in [2.45, 2.75) is 19.8 Å². The summed E-state index contributed by atoms with van der Waals surface area (Å²) in [5.74, 6) is -0.0163. The largest absolute Gasteiger partial charge is 0.289 e. The van der Waals surface area contributed by atoms with Crippen molar-refractivity contribution in [2.24, 2.45) is 5.92 Å². The van der Waals surface area contributed by atoms with Crippen LogP contribution in [0, 0.1) is 26.1 Å². The monoisotopic (exact) mass is 430 g/mol. The Morgan fingerprint density at radius 3 is 1.88 bits per heavy atom. The first kappa shape index (κ1) is 22.6. The van der Waals surface area contributed by atoms with Crippen molar-refractivity contribution < 1.29 is 14.6 Å². The molecule has 0 N–H and O–H groups in total. The molecule has 2 aromatic carbocycles. The molecule has 0 aliphatic heterocycles. The number of rotatable bonds is 6. The highest BCUT2D eigenvalue weighted by Gasteiger charge is 2.25. The van der Waals surface area contributed by atoms with E-state index < -0.39 is 9.85 Å². The molecule has 0 amide bonds. The SMILES string of the molecule is C[C@@H]1CC/C(=C/C=C/c2ccccc2[N+](=O)[O-])C(=O)/C1=C/C=C\c1ccccc1[N+](=O)[O-]. The van der Waals surface area contributed by atoms with Crippen molar-refractivity contribution in [1.29, 1.82) is 0 Å². The Bertz CT molecular complexity index is 1170. The van der Waals surface area contributed by atoms with Crippen LogP contribution in [0.4, 0.5) is 11.4 Å². The highest BCUT2D eigenvalue weighted by molar-refractivity contribution is 6.09. The van der Waals surface area contributed by atoms with E-state index in [0.717, 1.165) is 6.42 Å². The van der Waals surface area contributed by atoms with E-state index in [1.54, 1.807) is 72.9 Å². The van der Waals surface area contributed by atoms with E-state index in [1.807, 2.05) is 6.92 Å². The number of Topliss-reactive ketones (excluding diaryl/α,β-unsaturated/α-hetero) is 1. The average Bonchev–Trinajstić information content (AvgIpc) is 2.78. The molecule has 3 rings (SSSR count). The summed E-state index contributed by atoms with van der Waals surface area (Å²) < 4.78 is 0. The van der Waals surface area contributed by atoms with Crippen molar-refractivity contribution in [1.82, 2.24) is 0 Å². The van der Waals surface area contributed by atoms with Gasteiger partial charge in [0.15, 0.2) is 5.78 Å². The minimum atomic E-state index is -0.440. The van der Waals surface area contributed by atoms with Gasteiger partial charge in [0.05, 0.1) is 21.0 Å². The zero-order valence-corrected chi connectivity index (χ0v) is 17.5. The number of para-hydroxylation sites is 2. The van der Waals surface area contributed by atoms with Crippen LogP contribution in [0.15, 0.2) is 84.0 Å². The normalized spacial score (nSPS) is 19.3. The molecule has 7 nitrogen and oxygen atoms in total. The number of ketones is 1. The Hall–Kier alpha value is -4.13. The Balaban J connectivity index is 1.81. The summed E-state index contributed by atoms with van der Waals surface area (Å²) in [4.78, 5) is 34.3. The Morgan fingerprint density at radius 2 is 1.34 bits per heavy atom. The molecule has 0 bridgehead atoms. The van der Waals surface area contributed by atoms with E-state index in [2.05, 4.69) is 0 Å². The summed E-state index contributed by atoms with van der Waals surface area (Å²) in [5, 5.41) is 22.3. The predicted molar refractivity (Wildman–Crippen MR) is 124 cm³/mol. The summed E-state index contributed by atoms with van der Waals surface area (Å²) in [7, 11) is 0. The number of allylic oxidation sites excluding steroid dienone is 6. The molecule has 1 atom stereocenters. The number of benzene rings is 2. The third kappa shape index (κ3) is 5.31. The summed E-state index contributed by atoms with van der Waals surface area (Å²) in [6.45, 7) is 1.97. The van der Waals surface area contributed by atoms with Crippen LogP contribution in [-0.2, 0) is 4.79 Å². The van der Waals surface area contributed by atoms with Gasteiger partial charge in [0, 0.05) is 17.7 Å². The van der Waals surface area contributed by atoms with E-state index in [9.17, 15) is 25.0 Å². The van der Waals surface area contributed by atoms with Crippen LogP contribution >= 0.6 is 0 Å². The molecule has 0 unspecified atom stereocenters. The van der Waals surface area contributed by atoms with E-state index in [0.29, 0.717) is 28.7 Å². The molecule has 32 heavy (non-hydrogen) atoms. The van der Waals surface area contributed by atoms with Crippen LogP contribution in [0.5, 0.6) is 0 Å². The van der Waals surface area contributed by atoms with Gasteiger partial charge in [-0.05, 0) is 48.6 Å². The van der Waals surface area contributed by atoms with Crippen LogP contribution in [0.2, 0.25) is 0 Å². The molecule has 162 valence electrons. The van der Waals surface area contributed by atoms with Gasteiger partial charge < -0.3 is 0 Å². The molecule has 2 aromatic rings. The van der Waals surface area contributed by atoms with E-state index in [4.69, 9.17) is 0 Å². The summed E-state index contributed by atoms with van der Waals surface area (Å²) in [6, 6.07) is 12.8. The minimum Gasteiger partial charge on any atom is -0.289 e. The third-order valence-corrected chi connectivity index (χ3v) is 5.32. The van der Waals surface area contributed by atoms with Gasteiger partial charge in [0.25, 0.3) is 11.4 Å². The third-order valence-electron chi connectivity index (χ3n) is 5.32. The number of hydrogen-bond donors (Lipinski definition) is 0. The first-order valence-electron chi connectivity index (χ1n) is 10.2. The van der Waals surface area contributed by atoms with Crippen molar-refractivity contribution in [3.8, 4) is 0 Å². The molecule has 1 aliphatic rings. The maximum atomic E-state index is 13.0. The molecule has 0 spiro atoms. The van der Waals surface area contributed by atoms with Crippen molar-refractivity contribution in [2.75, 3.05) is 0 Å². The number of nitro groups is 2. The first-order valence-corrected chi connectivity index (χ1v) is 10.2. The average molecular weight is 430 g/mol. The molecule has 7 heteroatoms. The van der Waals surface area contributed by atoms with Crippen molar-refractivity contribution >= 4 is 29.3 Å². The van der Waals surface area contributed by atoms with Gasteiger partial charge in [-0.2, -0.15) is 0 Å². The van der Waals surface area contributed by atoms with E-state index in [1.165, 1.54) is 12.1 Å². The topological polar surface area (TPSA) is 103 Å². The Morgan fingerprint density at radius 1 is 0.844 bits per heavy atom. The second kappa shape index (κ2) is 10.3. The van der Waals surface area contributed by atoms with Gasteiger partial charge >= 0.3 is 0 Å². The van der Waals surface area contributed by atoms with Crippen LogP contribution in [0.1, 0.15) is 30.9 Å². The molecule has 0 saturated heterocycles. The molecule has 0 aromatic heterocycles. The standard InChI is InChI=1S/C25H22N2O5/c1-18-16-17-21(12-6-10-19-8-2-4-14-23(19)26(29)30)25(28)22(18)13-7-11-20-9-3-5-15-24(20)27(31)32/h2-15,18H,16-17H2,1H3/b10-6+,11-7-,21-12-,22-13+/t18-/m1/s1. The molecule has 1 aliphatic carbocycles. The number of nitro benzene ring substituents is 2. The number of carbonyl (C=O) groups excluding carboxylic acids is 1. The fourth-order valence-corrected chi connectivity index (χ4v) is 3.56. The maximum Gasteiger partial charge on any atom is 0.276 e. The highest BCUT2D eigenvalue weighted by Crippen LogP contribution is 2.30. The molecular weight excluding hydrogens is 408 g/mol. The van der Waals surface area contributed by atoms with Crippen LogP contribution in [-0.4, -0.2) is 15.6 Å². The molecule has 0 radical (unpaired) electrons. The van der Waals surface area contributed by atoms with Gasteiger partial charge in [-0.1, -0.05) is 55.5 Å². The summed E-state index contributed by atoms with van der Waals surface area (Å²) in [6.07, 6.45) is 11.4. The number of carbonyl (C=O) groups is 1. The quantitative estimate of drug-likeness (QED) is 0.314. The smallest absolute Gasteiger partial charge is 0.276 e. The predicted octanol–water partition coefficient (Wildman–Crippen LogP) is 6.08. The van der Waals surface area contributed by atoms with Gasteiger partial charge in [-0.15, -0.1) is 0 Å². The first-order chi connectivity index (χ1) is 15.4.